The van der Waals surface area contributed by atoms with Crippen LogP contribution in [0, 0.1) is 6.92 Å². The minimum atomic E-state index is 0.214. The number of alkyl halides is 1. The van der Waals surface area contributed by atoms with Crippen molar-refractivity contribution in [3.63, 3.8) is 0 Å². The monoisotopic (exact) mass is 393 g/mol. The Morgan fingerprint density at radius 2 is 2.39 bits per heavy atom. The molecule has 18 heavy (non-hydrogen) atoms. The summed E-state index contributed by atoms with van der Waals surface area (Å²) in [5.74, 6) is 0.214. The van der Waals surface area contributed by atoms with Crippen molar-refractivity contribution in [2.75, 3.05) is 11.9 Å². The van der Waals surface area contributed by atoms with Crippen molar-refractivity contribution >= 4 is 49.1 Å². The molecule has 1 amide bonds. The number of hydrogen-bond donors (Lipinski definition) is 0. The first-order chi connectivity index (χ1) is 8.63. The number of thiophene rings is 1. The van der Waals surface area contributed by atoms with Crippen LogP contribution in [-0.2, 0) is 0 Å². The van der Waals surface area contributed by atoms with Crippen LogP contribution in [0.4, 0.5) is 0 Å². The van der Waals surface area contributed by atoms with Gasteiger partial charge in [-0.15, -0.1) is 11.3 Å². The largest absolute Gasteiger partial charge is 0.335 e. The maximum atomic E-state index is 12.5. The molecule has 0 spiro atoms. The molecule has 2 nitrogen and oxygen atoms in total. The summed E-state index contributed by atoms with van der Waals surface area (Å²) in [6, 6.07) is 2.44. The van der Waals surface area contributed by atoms with Crippen LogP contribution in [0.3, 0.4) is 0 Å². The van der Waals surface area contributed by atoms with Crippen LogP contribution in [0.1, 0.15) is 40.9 Å². The molecule has 1 aliphatic heterocycles. The third-order valence-corrected chi connectivity index (χ3v) is 6.06. The molecule has 0 saturated carbocycles. The quantitative estimate of drug-likeness (QED) is 0.683. The summed E-state index contributed by atoms with van der Waals surface area (Å²) in [4.78, 5) is 15.4. The van der Waals surface area contributed by atoms with Crippen LogP contribution in [-0.4, -0.2) is 28.7 Å². The van der Waals surface area contributed by atoms with Gasteiger partial charge in [0.15, 0.2) is 0 Å². The average Bonchev–Trinajstić information content (AvgIpc) is 2.94. The molecular weight excluding hydrogens is 378 g/mol. The van der Waals surface area contributed by atoms with Crippen LogP contribution in [0.5, 0.6) is 0 Å². The molecule has 0 aromatic carbocycles. The van der Waals surface area contributed by atoms with Gasteiger partial charge in [0.2, 0.25) is 0 Å². The SMILES string of the molecule is Cc1cc(C(=O)N2CCCC2CCCBr)sc1Br. The van der Waals surface area contributed by atoms with Gasteiger partial charge in [-0.1, -0.05) is 15.9 Å². The minimum Gasteiger partial charge on any atom is -0.335 e. The van der Waals surface area contributed by atoms with Crippen molar-refractivity contribution in [1.82, 2.24) is 4.90 Å². The normalized spacial score (nSPS) is 19.5. The Bertz CT molecular complexity index is 413. The van der Waals surface area contributed by atoms with Gasteiger partial charge < -0.3 is 4.90 Å². The Balaban J connectivity index is 2.07. The topological polar surface area (TPSA) is 20.3 Å². The van der Waals surface area contributed by atoms with Crippen molar-refractivity contribution in [1.29, 1.82) is 0 Å². The molecule has 1 fully saturated rings. The summed E-state index contributed by atoms with van der Waals surface area (Å²) in [6.45, 7) is 2.95. The lowest BCUT2D eigenvalue weighted by Crippen LogP contribution is -2.35. The van der Waals surface area contributed by atoms with E-state index >= 15 is 0 Å². The number of carbonyl (C=O) groups excluding carboxylic acids is 1. The fourth-order valence-electron chi connectivity index (χ4n) is 2.42. The number of amides is 1. The van der Waals surface area contributed by atoms with E-state index in [1.807, 2.05) is 13.0 Å². The van der Waals surface area contributed by atoms with E-state index in [1.54, 1.807) is 11.3 Å². The highest BCUT2D eigenvalue weighted by atomic mass is 79.9. The second-order valence-electron chi connectivity index (χ2n) is 4.69. The van der Waals surface area contributed by atoms with Gasteiger partial charge in [0.25, 0.3) is 5.91 Å². The van der Waals surface area contributed by atoms with E-state index in [1.165, 1.54) is 0 Å². The second kappa shape index (κ2) is 6.53. The zero-order valence-electron chi connectivity index (χ0n) is 10.4. The first-order valence-corrected chi connectivity index (χ1v) is 8.99. The van der Waals surface area contributed by atoms with Gasteiger partial charge in [0.1, 0.15) is 0 Å². The first kappa shape index (κ1) is 14.5. The highest BCUT2D eigenvalue weighted by Gasteiger charge is 2.29. The number of halogens is 2. The summed E-state index contributed by atoms with van der Waals surface area (Å²) in [5.41, 5.74) is 1.15. The number of carbonyl (C=O) groups is 1. The van der Waals surface area contributed by atoms with Crippen molar-refractivity contribution in [3.8, 4) is 0 Å². The van der Waals surface area contributed by atoms with Crippen LogP contribution in [0.2, 0.25) is 0 Å². The van der Waals surface area contributed by atoms with E-state index in [0.717, 1.165) is 51.8 Å². The maximum absolute atomic E-state index is 12.5. The number of aryl methyl sites for hydroxylation is 1. The zero-order chi connectivity index (χ0) is 13.1. The molecule has 1 aliphatic rings. The van der Waals surface area contributed by atoms with E-state index in [4.69, 9.17) is 0 Å². The number of likely N-dealkylation sites (tertiary alicyclic amines) is 1. The molecule has 1 unspecified atom stereocenters. The molecule has 2 heterocycles. The summed E-state index contributed by atoms with van der Waals surface area (Å²) >= 11 is 8.51. The van der Waals surface area contributed by atoms with Gasteiger partial charge in [-0.25, -0.2) is 0 Å². The number of hydrogen-bond acceptors (Lipinski definition) is 2. The molecule has 1 aromatic rings. The van der Waals surface area contributed by atoms with Crippen LogP contribution in [0.15, 0.2) is 9.85 Å². The maximum Gasteiger partial charge on any atom is 0.264 e. The first-order valence-electron chi connectivity index (χ1n) is 6.26. The smallest absolute Gasteiger partial charge is 0.264 e. The van der Waals surface area contributed by atoms with E-state index in [0.29, 0.717) is 6.04 Å². The van der Waals surface area contributed by atoms with Crippen molar-refractivity contribution in [3.05, 3.63) is 20.3 Å². The Morgan fingerprint density at radius 1 is 1.61 bits per heavy atom. The van der Waals surface area contributed by atoms with Crippen molar-refractivity contribution < 1.29 is 4.79 Å². The Kier molecular flexibility index (Phi) is 5.27. The fraction of sp³-hybridized carbons (Fsp3) is 0.615. The Labute approximate surface area is 129 Å². The summed E-state index contributed by atoms with van der Waals surface area (Å²) < 4.78 is 1.07. The number of rotatable bonds is 4. The van der Waals surface area contributed by atoms with Crippen LogP contribution < -0.4 is 0 Å². The summed E-state index contributed by atoms with van der Waals surface area (Å²) in [5, 5.41) is 1.02. The van der Waals surface area contributed by atoms with E-state index in [2.05, 4.69) is 36.8 Å². The minimum absolute atomic E-state index is 0.214. The number of nitrogens with zero attached hydrogens (tertiary/aromatic N) is 1. The third-order valence-electron chi connectivity index (χ3n) is 3.38. The Morgan fingerprint density at radius 3 is 3.00 bits per heavy atom. The van der Waals surface area contributed by atoms with Gasteiger partial charge in [-0.05, 0) is 60.2 Å². The molecule has 2 rings (SSSR count). The lowest BCUT2D eigenvalue weighted by molar-refractivity contribution is 0.0735. The summed E-state index contributed by atoms with van der Waals surface area (Å²) in [7, 11) is 0. The molecule has 100 valence electrons. The van der Waals surface area contributed by atoms with E-state index in [9.17, 15) is 4.79 Å². The molecule has 1 aromatic heterocycles. The molecule has 0 radical (unpaired) electrons. The van der Waals surface area contributed by atoms with Crippen molar-refractivity contribution in [2.45, 2.75) is 38.6 Å². The van der Waals surface area contributed by atoms with Gasteiger partial charge >= 0.3 is 0 Å². The van der Waals surface area contributed by atoms with Gasteiger partial charge in [-0.3, -0.25) is 4.79 Å². The molecule has 0 N–H and O–H groups in total. The standard InChI is InChI=1S/C13H17Br2NOS/c1-9-8-11(18-12(9)15)13(17)16-7-3-5-10(16)4-2-6-14/h8,10H,2-7H2,1H3. The second-order valence-corrected chi connectivity index (χ2v) is 7.86. The highest BCUT2D eigenvalue weighted by molar-refractivity contribution is 9.11. The lowest BCUT2D eigenvalue weighted by Gasteiger charge is -2.24. The van der Waals surface area contributed by atoms with Gasteiger partial charge in [0, 0.05) is 17.9 Å². The van der Waals surface area contributed by atoms with Crippen LogP contribution in [0.25, 0.3) is 0 Å². The van der Waals surface area contributed by atoms with Crippen LogP contribution >= 0.6 is 43.2 Å². The van der Waals surface area contributed by atoms with Gasteiger partial charge in [-0.2, -0.15) is 0 Å². The Hall–Kier alpha value is 0.130. The van der Waals surface area contributed by atoms with Gasteiger partial charge in [0.05, 0.1) is 8.66 Å². The molecular formula is C13H17Br2NOS. The average molecular weight is 395 g/mol. The predicted molar refractivity (Wildman–Crippen MR) is 83.8 cm³/mol. The predicted octanol–water partition coefficient (Wildman–Crippen LogP) is 4.60. The molecule has 0 aliphatic carbocycles. The molecule has 1 atom stereocenters. The zero-order valence-corrected chi connectivity index (χ0v) is 14.4. The third kappa shape index (κ3) is 3.17. The lowest BCUT2D eigenvalue weighted by atomic mass is 10.1. The van der Waals surface area contributed by atoms with Crippen molar-refractivity contribution in [2.24, 2.45) is 0 Å². The molecule has 0 bridgehead atoms. The highest BCUT2D eigenvalue weighted by Crippen LogP contribution is 2.31. The molecule has 1 saturated heterocycles. The fourth-order valence-corrected chi connectivity index (χ4v) is 4.24. The van der Waals surface area contributed by atoms with E-state index < -0.39 is 0 Å². The summed E-state index contributed by atoms with van der Waals surface area (Å²) in [6.07, 6.45) is 4.55. The molecule has 5 heteroatoms. The van der Waals surface area contributed by atoms with E-state index in [-0.39, 0.29) is 5.91 Å².